The molecule has 2 fully saturated rings. The zero-order valence-electron chi connectivity index (χ0n) is 19.9. The van der Waals surface area contributed by atoms with Crippen molar-refractivity contribution in [2.45, 2.75) is 42.7 Å². The third-order valence-corrected chi connectivity index (χ3v) is 9.38. The van der Waals surface area contributed by atoms with E-state index in [1.54, 1.807) is 23.5 Å². The number of benzene rings is 1. The van der Waals surface area contributed by atoms with Gasteiger partial charge in [-0.15, -0.1) is 17.9 Å². The summed E-state index contributed by atoms with van der Waals surface area (Å²) in [5.41, 5.74) is 0.413. The van der Waals surface area contributed by atoms with E-state index in [1.807, 2.05) is 54.8 Å². The minimum atomic E-state index is -0.387. The first-order valence-corrected chi connectivity index (χ1v) is 13.4. The molecule has 2 heterocycles. The Balaban J connectivity index is 1.63. The molecule has 1 saturated heterocycles. The van der Waals surface area contributed by atoms with Crippen LogP contribution >= 0.6 is 27.3 Å². The second kappa shape index (κ2) is 10.4. The number of nitrogens with zero attached hydrogens (tertiary/aromatic N) is 2. The summed E-state index contributed by atoms with van der Waals surface area (Å²) >= 11 is 5.07. The zero-order chi connectivity index (χ0) is 24.3. The fraction of sp³-hybridized carbons (Fsp3) is 0.444. The predicted octanol–water partition coefficient (Wildman–Crippen LogP) is 5.46. The van der Waals surface area contributed by atoms with Crippen LogP contribution in [0.2, 0.25) is 0 Å². The first-order valence-electron chi connectivity index (χ1n) is 11.7. The van der Waals surface area contributed by atoms with Gasteiger partial charge in [0.15, 0.2) is 0 Å². The van der Waals surface area contributed by atoms with Crippen LogP contribution in [0.15, 0.2) is 58.9 Å². The molecule has 1 N–H and O–H groups in total. The van der Waals surface area contributed by atoms with Gasteiger partial charge in [-0.05, 0) is 78.0 Å². The van der Waals surface area contributed by atoms with E-state index in [1.165, 1.54) is 0 Å². The number of aromatic hydroxyl groups is 1. The lowest BCUT2D eigenvalue weighted by atomic mass is 9.55. The number of rotatable bonds is 7. The van der Waals surface area contributed by atoms with Crippen molar-refractivity contribution in [2.24, 2.45) is 0 Å². The molecule has 0 bridgehead atoms. The molecule has 1 aromatic heterocycles. The molecule has 0 spiro atoms. The van der Waals surface area contributed by atoms with E-state index >= 15 is 0 Å². The molecule has 0 radical (unpaired) electrons. The van der Waals surface area contributed by atoms with Crippen LogP contribution in [-0.4, -0.2) is 66.2 Å². The van der Waals surface area contributed by atoms with Crippen LogP contribution in [0.25, 0.3) is 6.08 Å². The Labute approximate surface area is 214 Å². The van der Waals surface area contributed by atoms with Gasteiger partial charge in [0.1, 0.15) is 5.75 Å². The normalized spacial score (nSPS) is 27.4. The predicted molar refractivity (Wildman–Crippen MR) is 142 cm³/mol. The Morgan fingerprint density at radius 3 is 2.91 bits per heavy atom. The average Bonchev–Trinajstić information content (AvgIpc) is 3.26. The minimum Gasteiger partial charge on any atom is -0.508 e. The number of ether oxygens (including phenoxy) is 1. The Bertz CT molecular complexity index is 1070. The van der Waals surface area contributed by atoms with Crippen LogP contribution in [0.1, 0.15) is 36.1 Å². The summed E-state index contributed by atoms with van der Waals surface area (Å²) in [6.07, 6.45) is 8.91. The number of carbonyl (C=O) groups excluding carboxylic acids is 1. The largest absolute Gasteiger partial charge is 0.508 e. The van der Waals surface area contributed by atoms with Crippen molar-refractivity contribution in [2.75, 3.05) is 33.8 Å². The average molecular weight is 546 g/mol. The molecule has 7 heteroatoms. The summed E-state index contributed by atoms with van der Waals surface area (Å²) in [6, 6.07) is 9.71. The summed E-state index contributed by atoms with van der Waals surface area (Å²) in [6.45, 7) is 6.48. The van der Waals surface area contributed by atoms with E-state index in [-0.39, 0.29) is 28.7 Å². The molecular weight excluding hydrogens is 512 g/mol. The number of hydrogen-bond donors (Lipinski definition) is 1. The Kier molecular flexibility index (Phi) is 7.67. The maximum atomic E-state index is 13.1. The molecule has 5 nitrogen and oxygen atoms in total. The number of methoxy groups -OCH3 is 1. The molecule has 34 heavy (non-hydrogen) atoms. The third kappa shape index (κ3) is 4.76. The fourth-order valence-corrected chi connectivity index (χ4v) is 7.24. The van der Waals surface area contributed by atoms with Crippen molar-refractivity contribution < 1.29 is 14.6 Å². The summed E-state index contributed by atoms with van der Waals surface area (Å²) < 4.78 is 7.40. The van der Waals surface area contributed by atoms with Crippen LogP contribution in [-0.2, 0) is 14.9 Å². The van der Waals surface area contributed by atoms with Gasteiger partial charge in [0, 0.05) is 59.5 Å². The van der Waals surface area contributed by atoms with Crippen molar-refractivity contribution in [1.82, 2.24) is 9.80 Å². The summed E-state index contributed by atoms with van der Waals surface area (Å²) in [5, 5.41) is 12.3. The number of carbonyl (C=O) groups is 1. The number of likely N-dealkylation sites (tertiary alicyclic amines) is 1. The van der Waals surface area contributed by atoms with Gasteiger partial charge in [0.2, 0.25) is 5.91 Å². The molecule has 0 unspecified atom stereocenters. The third-order valence-electron chi connectivity index (χ3n) is 7.72. The van der Waals surface area contributed by atoms with Gasteiger partial charge < -0.3 is 14.7 Å². The standard InChI is InChI=1S/C27H33BrN2O3S/c1-4-13-30-14-12-26(20-6-5-7-23(31)15-20)17-22(10-11-27(26,19-30)33-3)29(2)25(32)9-8-24-16-21(28)18-34-24/h4-9,15-16,18,22,31H,1,10-14,17,19H2,2-3H3/b9-8+/t22-,26+,27+/m1/s1. The molecular formula is C27H33BrN2O3S. The van der Waals surface area contributed by atoms with E-state index in [2.05, 4.69) is 33.5 Å². The quantitative estimate of drug-likeness (QED) is 0.371. The number of thiophene rings is 1. The SMILES string of the molecule is C=CCN1CC[C@@]2(c3cccc(O)c3)C[C@H](N(C)C(=O)/C=C/c3cc(Br)cs3)CC[C@]2(OC)C1. The highest BCUT2D eigenvalue weighted by Crippen LogP contribution is 2.54. The van der Waals surface area contributed by atoms with Crippen molar-refractivity contribution >= 4 is 39.2 Å². The highest BCUT2D eigenvalue weighted by Gasteiger charge is 2.59. The van der Waals surface area contributed by atoms with Gasteiger partial charge in [0.05, 0.1) is 5.60 Å². The Morgan fingerprint density at radius 2 is 2.24 bits per heavy atom. The van der Waals surface area contributed by atoms with E-state index in [0.29, 0.717) is 0 Å². The molecule has 3 atom stereocenters. The van der Waals surface area contributed by atoms with Gasteiger partial charge >= 0.3 is 0 Å². The number of fused-ring (bicyclic) bond motifs is 1. The monoisotopic (exact) mass is 544 g/mol. The van der Waals surface area contributed by atoms with Crippen molar-refractivity contribution in [3.8, 4) is 5.75 Å². The van der Waals surface area contributed by atoms with E-state index in [9.17, 15) is 9.90 Å². The molecule has 4 rings (SSSR count). The van der Waals surface area contributed by atoms with Gasteiger partial charge in [-0.2, -0.15) is 0 Å². The number of piperidine rings is 1. The summed E-state index contributed by atoms with van der Waals surface area (Å²) in [7, 11) is 3.72. The maximum absolute atomic E-state index is 13.1. The minimum absolute atomic E-state index is 0.00888. The van der Waals surface area contributed by atoms with Crippen molar-refractivity contribution in [3.05, 3.63) is 69.4 Å². The van der Waals surface area contributed by atoms with Gasteiger partial charge in [-0.3, -0.25) is 9.69 Å². The van der Waals surface area contributed by atoms with E-state index in [4.69, 9.17) is 4.74 Å². The summed E-state index contributed by atoms with van der Waals surface area (Å²) in [4.78, 5) is 18.4. The Morgan fingerprint density at radius 1 is 1.41 bits per heavy atom. The lowest BCUT2D eigenvalue weighted by Crippen LogP contribution is -2.67. The van der Waals surface area contributed by atoms with Crippen LogP contribution in [0, 0.1) is 0 Å². The van der Waals surface area contributed by atoms with Crippen LogP contribution in [0.4, 0.5) is 0 Å². The molecule has 182 valence electrons. The first-order chi connectivity index (χ1) is 16.3. The highest BCUT2D eigenvalue weighted by molar-refractivity contribution is 9.10. The molecule has 1 saturated carbocycles. The van der Waals surface area contributed by atoms with Gasteiger partial charge in [-0.25, -0.2) is 0 Å². The van der Waals surface area contributed by atoms with Gasteiger partial charge in [-0.1, -0.05) is 18.2 Å². The number of amides is 1. The summed E-state index contributed by atoms with van der Waals surface area (Å²) in [5.74, 6) is 0.275. The lowest BCUT2D eigenvalue weighted by Gasteiger charge is -2.60. The number of likely N-dealkylation sites (N-methyl/N-ethyl adjacent to an activating group) is 1. The fourth-order valence-electron chi connectivity index (χ4n) is 5.91. The number of phenols is 1. The van der Waals surface area contributed by atoms with Crippen LogP contribution < -0.4 is 0 Å². The van der Waals surface area contributed by atoms with E-state index < -0.39 is 0 Å². The zero-order valence-corrected chi connectivity index (χ0v) is 22.3. The molecule has 1 aliphatic carbocycles. The van der Waals surface area contributed by atoms with Crippen molar-refractivity contribution in [3.63, 3.8) is 0 Å². The molecule has 2 aliphatic rings. The molecule has 1 aliphatic heterocycles. The maximum Gasteiger partial charge on any atom is 0.246 e. The first kappa shape index (κ1) is 25.2. The topological polar surface area (TPSA) is 53.0 Å². The van der Waals surface area contributed by atoms with Gasteiger partial charge in [0.25, 0.3) is 0 Å². The number of phenolic OH excluding ortho intramolecular Hbond substituents is 1. The lowest BCUT2D eigenvalue weighted by molar-refractivity contribution is -0.157. The number of halogens is 1. The van der Waals surface area contributed by atoms with E-state index in [0.717, 1.165) is 60.2 Å². The van der Waals surface area contributed by atoms with Crippen LogP contribution in [0.3, 0.4) is 0 Å². The molecule has 1 amide bonds. The second-order valence-corrected chi connectivity index (χ2v) is 11.3. The van der Waals surface area contributed by atoms with Crippen molar-refractivity contribution in [1.29, 1.82) is 0 Å². The molecule has 1 aromatic carbocycles. The highest BCUT2D eigenvalue weighted by atomic mass is 79.9. The second-order valence-electron chi connectivity index (χ2n) is 9.45. The smallest absolute Gasteiger partial charge is 0.246 e. The van der Waals surface area contributed by atoms with Crippen LogP contribution in [0.5, 0.6) is 5.75 Å². The molecule has 2 aromatic rings. The Hall–Kier alpha value is -1.93. The number of hydrogen-bond acceptors (Lipinski definition) is 5.